The maximum atomic E-state index is 11.2. The summed E-state index contributed by atoms with van der Waals surface area (Å²) in [6.07, 6.45) is 3.53. The van der Waals surface area contributed by atoms with E-state index in [-0.39, 0.29) is 6.10 Å². The zero-order valence-corrected chi connectivity index (χ0v) is 12.4. The van der Waals surface area contributed by atoms with E-state index in [2.05, 4.69) is 19.9 Å². The van der Waals surface area contributed by atoms with Gasteiger partial charge in [-0.3, -0.25) is 0 Å². The van der Waals surface area contributed by atoms with Crippen LogP contribution >= 0.6 is 0 Å². The summed E-state index contributed by atoms with van der Waals surface area (Å²) in [6, 6.07) is 6.17. The van der Waals surface area contributed by atoms with Crippen molar-refractivity contribution in [2.75, 3.05) is 13.2 Å². The SMILES string of the molecule is CC(C)C1CC(O)(c2cccc3c2OCCC3)CCO1. The first kappa shape index (κ1) is 13.9. The number of ether oxygens (including phenoxy) is 2. The molecule has 3 nitrogen and oxygen atoms in total. The van der Waals surface area contributed by atoms with Crippen LogP contribution in [0.5, 0.6) is 5.75 Å². The predicted molar refractivity (Wildman–Crippen MR) is 78.0 cm³/mol. The van der Waals surface area contributed by atoms with Gasteiger partial charge in [-0.25, -0.2) is 0 Å². The quantitative estimate of drug-likeness (QED) is 0.902. The molecule has 2 aliphatic heterocycles. The molecular weight excluding hydrogens is 252 g/mol. The van der Waals surface area contributed by atoms with Gasteiger partial charge in [0.25, 0.3) is 0 Å². The average molecular weight is 276 g/mol. The van der Waals surface area contributed by atoms with Gasteiger partial charge in [0.2, 0.25) is 0 Å². The fraction of sp³-hybridized carbons (Fsp3) is 0.647. The molecule has 0 saturated carbocycles. The average Bonchev–Trinajstić information content (AvgIpc) is 2.46. The molecule has 3 heteroatoms. The van der Waals surface area contributed by atoms with Crippen molar-refractivity contribution in [3.05, 3.63) is 29.3 Å². The number of fused-ring (bicyclic) bond motifs is 1. The highest BCUT2D eigenvalue weighted by Crippen LogP contribution is 2.43. The second-order valence-electron chi connectivity index (χ2n) is 6.38. The molecule has 2 atom stereocenters. The first-order chi connectivity index (χ1) is 9.60. The maximum Gasteiger partial charge on any atom is 0.128 e. The van der Waals surface area contributed by atoms with Crippen LogP contribution in [0.25, 0.3) is 0 Å². The van der Waals surface area contributed by atoms with Gasteiger partial charge in [-0.1, -0.05) is 32.0 Å². The Bertz CT molecular complexity index is 483. The summed E-state index contributed by atoms with van der Waals surface area (Å²) < 4.78 is 11.7. The van der Waals surface area contributed by atoms with Crippen LogP contribution in [0.2, 0.25) is 0 Å². The molecule has 2 aliphatic rings. The van der Waals surface area contributed by atoms with Gasteiger partial charge in [-0.2, -0.15) is 0 Å². The van der Waals surface area contributed by atoms with Crippen molar-refractivity contribution in [2.24, 2.45) is 5.92 Å². The minimum atomic E-state index is -0.810. The van der Waals surface area contributed by atoms with E-state index in [1.54, 1.807) is 0 Å². The first-order valence-corrected chi connectivity index (χ1v) is 7.69. The number of hydrogen-bond acceptors (Lipinski definition) is 3. The van der Waals surface area contributed by atoms with Gasteiger partial charge >= 0.3 is 0 Å². The second kappa shape index (κ2) is 5.38. The van der Waals surface area contributed by atoms with Gasteiger partial charge in [0.05, 0.1) is 24.9 Å². The summed E-state index contributed by atoms with van der Waals surface area (Å²) in [6.45, 7) is 5.66. The predicted octanol–water partition coefficient (Wildman–Crippen LogP) is 3.03. The minimum Gasteiger partial charge on any atom is -0.493 e. The van der Waals surface area contributed by atoms with Crippen LogP contribution < -0.4 is 4.74 Å². The Hall–Kier alpha value is -1.06. The third kappa shape index (κ3) is 2.45. The molecule has 2 unspecified atom stereocenters. The molecule has 1 aromatic rings. The highest BCUT2D eigenvalue weighted by Gasteiger charge is 2.40. The summed E-state index contributed by atoms with van der Waals surface area (Å²) in [4.78, 5) is 0. The van der Waals surface area contributed by atoms with Crippen molar-refractivity contribution in [1.29, 1.82) is 0 Å². The van der Waals surface area contributed by atoms with Gasteiger partial charge < -0.3 is 14.6 Å². The smallest absolute Gasteiger partial charge is 0.128 e. The monoisotopic (exact) mass is 276 g/mol. The molecule has 0 aromatic heterocycles. The van der Waals surface area contributed by atoms with E-state index in [9.17, 15) is 5.11 Å². The third-order valence-corrected chi connectivity index (χ3v) is 4.56. The molecule has 110 valence electrons. The lowest BCUT2D eigenvalue weighted by Gasteiger charge is -2.40. The van der Waals surface area contributed by atoms with Crippen LogP contribution in [0.1, 0.15) is 44.2 Å². The van der Waals surface area contributed by atoms with E-state index in [1.807, 2.05) is 12.1 Å². The number of benzene rings is 1. The summed E-state index contributed by atoms with van der Waals surface area (Å²) >= 11 is 0. The van der Waals surface area contributed by atoms with Crippen molar-refractivity contribution in [3.8, 4) is 5.75 Å². The topological polar surface area (TPSA) is 38.7 Å². The van der Waals surface area contributed by atoms with E-state index in [4.69, 9.17) is 9.47 Å². The highest BCUT2D eigenvalue weighted by molar-refractivity contribution is 5.46. The van der Waals surface area contributed by atoms with Crippen molar-refractivity contribution >= 4 is 0 Å². The Balaban J connectivity index is 1.95. The summed E-state index contributed by atoms with van der Waals surface area (Å²) in [7, 11) is 0. The van der Waals surface area contributed by atoms with Gasteiger partial charge in [0.15, 0.2) is 0 Å². The largest absolute Gasteiger partial charge is 0.493 e. The van der Waals surface area contributed by atoms with Gasteiger partial charge in [0, 0.05) is 18.4 Å². The zero-order valence-electron chi connectivity index (χ0n) is 12.4. The number of para-hydroxylation sites is 1. The lowest BCUT2D eigenvalue weighted by molar-refractivity contribution is -0.122. The van der Waals surface area contributed by atoms with Gasteiger partial charge in [-0.05, 0) is 24.3 Å². The van der Waals surface area contributed by atoms with Gasteiger partial charge in [0.1, 0.15) is 5.75 Å². The Morgan fingerprint density at radius 1 is 1.30 bits per heavy atom. The minimum absolute atomic E-state index is 0.119. The number of hydrogen-bond donors (Lipinski definition) is 1. The molecule has 0 amide bonds. The fourth-order valence-electron chi connectivity index (χ4n) is 3.30. The molecule has 20 heavy (non-hydrogen) atoms. The number of aryl methyl sites for hydroxylation is 1. The highest BCUT2D eigenvalue weighted by atomic mass is 16.5. The second-order valence-corrected chi connectivity index (χ2v) is 6.38. The number of rotatable bonds is 2. The van der Waals surface area contributed by atoms with E-state index in [1.165, 1.54) is 5.56 Å². The molecule has 3 rings (SSSR count). The van der Waals surface area contributed by atoms with E-state index >= 15 is 0 Å². The lowest BCUT2D eigenvalue weighted by Crippen LogP contribution is -2.41. The molecular formula is C17H24O3. The summed E-state index contributed by atoms with van der Waals surface area (Å²) in [5.74, 6) is 1.34. The van der Waals surface area contributed by atoms with E-state index in [0.29, 0.717) is 25.4 Å². The van der Waals surface area contributed by atoms with Crippen LogP contribution in [0.3, 0.4) is 0 Å². The Morgan fingerprint density at radius 3 is 2.95 bits per heavy atom. The maximum absolute atomic E-state index is 11.2. The molecule has 1 fully saturated rings. The van der Waals surface area contributed by atoms with Crippen LogP contribution in [-0.2, 0) is 16.8 Å². The Labute approximate surface area is 120 Å². The molecule has 2 heterocycles. The molecule has 0 bridgehead atoms. The standard InChI is InChI=1S/C17H24O3/c1-12(2)15-11-17(18,8-10-19-15)14-7-3-5-13-6-4-9-20-16(13)14/h3,5,7,12,15,18H,4,6,8-11H2,1-2H3. The van der Waals surface area contributed by atoms with E-state index in [0.717, 1.165) is 30.8 Å². The summed E-state index contributed by atoms with van der Waals surface area (Å²) in [5, 5.41) is 11.2. The number of aliphatic hydroxyl groups is 1. The summed E-state index contributed by atoms with van der Waals surface area (Å²) in [5.41, 5.74) is 1.38. The molecule has 0 aliphatic carbocycles. The fourth-order valence-corrected chi connectivity index (χ4v) is 3.30. The Morgan fingerprint density at radius 2 is 2.15 bits per heavy atom. The van der Waals surface area contributed by atoms with Crippen molar-refractivity contribution < 1.29 is 14.6 Å². The third-order valence-electron chi connectivity index (χ3n) is 4.56. The normalized spacial score (nSPS) is 29.9. The molecule has 1 saturated heterocycles. The van der Waals surface area contributed by atoms with Crippen LogP contribution in [-0.4, -0.2) is 24.4 Å². The van der Waals surface area contributed by atoms with Crippen molar-refractivity contribution in [1.82, 2.24) is 0 Å². The molecule has 0 spiro atoms. The lowest BCUT2D eigenvalue weighted by atomic mass is 9.79. The molecule has 1 aromatic carbocycles. The first-order valence-electron chi connectivity index (χ1n) is 7.69. The van der Waals surface area contributed by atoms with E-state index < -0.39 is 5.60 Å². The van der Waals surface area contributed by atoms with Crippen LogP contribution in [0.4, 0.5) is 0 Å². The molecule has 1 N–H and O–H groups in total. The Kier molecular flexibility index (Phi) is 3.74. The molecule has 0 radical (unpaired) electrons. The van der Waals surface area contributed by atoms with Crippen LogP contribution in [0, 0.1) is 5.92 Å². The van der Waals surface area contributed by atoms with Gasteiger partial charge in [-0.15, -0.1) is 0 Å². The van der Waals surface area contributed by atoms with Crippen LogP contribution in [0.15, 0.2) is 18.2 Å². The zero-order chi connectivity index (χ0) is 14.2. The van der Waals surface area contributed by atoms with Crippen molar-refractivity contribution in [2.45, 2.75) is 51.2 Å². The van der Waals surface area contributed by atoms with Crippen molar-refractivity contribution in [3.63, 3.8) is 0 Å².